The number of amides is 1. The molecule has 4 nitrogen and oxygen atoms in total. The molecular weight excluding hydrogens is 410 g/mol. The summed E-state index contributed by atoms with van der Waals surface area (Å²) in [7, 11) is 0. The van der Waals surface area contributed by atoms with Gasteiger partial charge in [-0.1, -0.05) is 38.7 Å². The molecule has 0 spiro atoms. The van der Waals surface area contributed by atoms with E-state index in [4.69, 9.17) is 4.74 Å². The van der Waals surface area contributed by atoms with E-state index < -0.39 is 5.60 Å². The number of nitrogens with zero attached hydrogens (tertiary/aromatic N) is 1. The van der Waals surface area contributed by atoms with E-state index in [2.05, 4.69) is 13.8 Å². The van der Waals surface area contributed by atoms with Crippen molar-refractivity contribution in [2.24, 2.45) is 11.8 Å². The predicted octanol–water partition coefficient (Wildman–Crippen LogP) is 6.58. The summed E-state index contributed by atoms with van der Waals surface area (Å²) in [6.45, 7) is 6.61. The Hall–Kier alpha value is -1.68. The topological polar surface area (TPSA) is 46.6 Å². The Bertz CT molecular complexity index is 814. The second-order valence-electron chi connectivity index (χ2n) is 10.8. The van der Waals surface area contributed by atoms with E-state index in [0.29, 0.717) is 24.5 Å². The Kier molecular flexibility index (Phi) is 8.27. The monoisotopic (exact) mass is 453 g/mol. The van der Waals surface area contributed by atoms with Crippen molar-refractivity contribution in [2.75, 3.05) is 19.7 Å². The highest BCUT2D eigenvalue weighted by atomic mass is 16.5. The fraction of sp³-hybridized carbons (Fsp3) is 0.724. The van der Waals surface area contributed by atoms with Gasteiger partial charge in [-0.05, 0) is 93.4 Å². The maximum Gasteiger partial charge on any atom is 0.253 e. The summed E-state index contributed by atoms with van der Waals surface area (Å²) in [6, 6.07) is 5.96. The van der Waals surface area contributed by atoms with Gasteiger partial charge in [0, 0.05) is 31.7 Å². The number of hydrogen-bond acceptors (Lipinski definition) is 3. The van der Waals surface area contributed by atoms with Gasteiger partial charge in [-0.25, -0.2) is 0 Å². The molecule has 2 atom stereocenters. The SMILES string of the molecule is CCC(CCC(=O)C1(c2cc(C(=O)N3CCCCC3)ccc2C)CCCCCO1)CC1CC1. The maximum absolute atomic E-state index is 13.9. The van der Waals surface area contributed by atoms with Crippen LogP contribution in [0.2, 0.25) is 0 Å². The summed E-state index contributed by atoms with van der Waals surface area (Å²) in [4.78, 5) is 29.1. The average Bonchev–Trinajstić information content (AvgIpc) is 3.69. The largest absolute Gasteiger partial charge is 0.362 e. The van der Waals surface area contributed by atoms with Crippen LogP contribution in [0.4, 0.5) is 0 Å². The number of ether oxygens (including phenoxy) is 1. The maximum atomic E-state index is 13.9. The molecule has 1 amide bonds. The molecule has 0 radical (unpaired) electrons. The van der Waals surface area contributed by atoms with Crippen LogP contribution in [0, 0.1) is 18.8 Å². The first-order valence-electron chi connectivity index (χ1n) is 13.6. The van der Waals surface area contributed by atoms with Crippen molar-refractivity contribution >= 4 is 11.7 Å². The molecule has 2 saturated heterocycles. The number of hydrogen-bond donors (Lipinski definition) is 0. The Morgan fingerprint density at radius 1 is 1.09 bits per heavy atom. The van der Waals surface area contributed by atoms with Crippen LogP contribution < -0.4 is 0 Å². The smallest absolute Gasteiger partial charge is 0.253 e. The molecule has 1 saturated carbocycles. The third kappa shape index (κ3) is 5.88. The van der Waals surface area contributed by atoms with Crippen molar-refractivity contribution in [2.45, 2.75) is 103 Å². The Balaban J connectivity index is 1.58. The molecule has 2 heterocycles. The zero-order chi connectivity index (χ0) is 23.3. The Morgan fingerprint density at radius 2 is 1.85 bits per heavy atom. The van der Waals surface area contributed by atoms with Crippen LogP contribution in [0.15, 0.2) is 18.2 Å². The molecule has 182 valence electrons. The van der Waals surface area contributed by atoms with Crippen LogP contribution in [-0.4, -0.2) is 36.3 Å². The lowest BCUT2D eigenvalue weighted by molar-refractivity contribution is -0.147. The lowest BCUT2D eigenvalue weighted by Gasteiger charge is -2.34. The second-order valence-corrected chi connectivity index (χ2v) is 10.8. The van der Waals surface area contributed by atoms with Crippen molar-refractivity contribution in [1.82, 2.24) is 4.90 Å². The van der Waals surface area contributed by atoms with E-state index in [1.807, 2.05) is 23.1 Å². The predicted molar refractivity (Wildman–Crippen MR) is 132 cm³/mol. The van der Waals surface area contributed by atoms with Crippen LogP contribution in [0.1, 0.15) is 112 Å². The summed E-state index contributed by atoms with van der Waals surface area (Å²) < 4.78 is 6.48. The zero-order valence-corrected chi connectivity index (χ0v) is 20.9. The molecular formula is C29H43NO3. The van der Waals surface area contributed by atoms with E-state index in [1.165, 1.54) is 25.7 Å². The lowest BCUT2D eigenvalue weighted by atomic mass is 9.79. The molecule has 0 N–H and O–H groups in total. The fourth-order valence-electron chi connectivity index (χ4n) is 5.87. The normalized spacial score (nSPS) is 24.8. The first-order valence-corrected chi connectivity index (χ1v) is 13.6. The highest BCUT2D eigenvalue weighted by Gasteiger charge is 2.43. The number of aryl methyl sites for hydroxylation is 1. The standard InChI is InChI=1S/C29H43NO3/c1-3-23(20-24-11-12-24)13-15-27(31)29(16-6-4-9-19-33-29)26-21-25(14-10-22(26)2)28(32)30-17-7-5-8-18-30/h10,14,21,23-24H,3-9,11-13,15-20H2,1-2H3. The van der Waals surface area contributed by atoms with Gasteiger partial charge < -0.3 is 9.64 Å². The molecule has 4 rings (SSSR count). The molecule has 3 aliphatic rings. The fourth-order valence-corrected chi connectivity index (χ4v) is 5.87. The van der Waals surface area contributed by atoms with Crippen molar-refractivity contribution in [3.63, 3.8) is 0 Å². The third-order valence-electron chi connectivity index (χ3n) is 8.26. The Labute approximate surface area is 200 Å². The van der Waals surface area contributed by atoms with Gasteiger partial charge >= 0.3 is 0 Å². The zero-order valence-electron chi connectivity index (χ0n) is 20.9. The molecule has 1 aromatic rings. The van der Waals surface area contributed by atoms with Gasteiger partial charge in [0.15, 0.2) is 11.4 Å². The number of carbonyl (C=O) groups excluding carboxylic acids is 2. The summed E-state index contributed by atoms with van der Waals surface area (Å²) in [6.07, 6.45) is 13.9. The molecule has 3 fully saturated rings. The molecule has 33 heavy (non-hydrogen) atoms. The van der Waals surface area contributed by atoms with Gasteiger partial charge in [0.05, 0.1) is 0 Å². The first-order chi connectivity index (χ1) is 16.0. The number of ketones is 1. The Morgan fingerprint density at radius 3 is 2.58 bits per heavy atom. The minimum absolute atomic E-state index is 0.0997. The molecule has 2 unspecified atom stereocenters. The highest BCUT2D eigenvalue weighted by molar-refractivity contribution is 5.96. The van der Waals surface area contributed by atoms with Crippen LogP contribution in [0.25, 0.3) is 0 Å². The number of likely N-dealkylation sites (tertiary alicyclic amines) is 1. The van der Waals surface area contributed by atoms with Crippen molar-refractivity contribution in [1.29, 1.82) is 0 Å². The quantitative estimate of drug-likeness (QED) is 0.424. The summed E-state index contributed by atoms with van der Waals surface area (Å²) >= 11 is 0. The van der Waals surface area contributed by atoms with Crippen molar-refractivity contribution in [3.05, 3.63) is 34.9 Å². The van der Waals surface area contributed by atoms with Gasteiger partial charge in [0.1, 0.15) is 0 Å². The van der Waals surface area contributed by atoms with E-state index in [0.717, 1.165) is 81.5 Å². The van der Waals surface area contributed by atoms with Gasteiger partial charge in [-0.3, -0.25) is 9.59 Å². The number of rotatable bonds is 9. The number of Topliss-reactive ketones (excluding diaryl/α,β-unsaturated/α-hetero) is 1. The lowest BCUT2D eigenvalue weighted by Crippen LogP contribution is -2.40. The van der Waals surface area contributed by atoms with Gasteiger partial charge in [-0.15, -0.1) is 0 Å². The van der Waals surface area contributed by atoms with Gasteiger partial charge in [0.25, 0.3) is 5.91 Å². The average molecular weight is 454 g/mol. The minimum atomic E-state index is -0.892. The number of piperidine rings is 1. The number of carbonyl (C=O) groups is 2. The summed E-state index contributed by atoms with van der Waals surface area (Å²) in [5.74, 6) is 1.86. The summed E-state index contributed by atoms with van der Waals surface area (Å²) in [5.41, 5.74) is 1.81. The second kappa shape index (κ2) is 11.2. The van der Waals surface area contributed by atoms with Crippen molar-refractivity contribution < 1.29 is 14.3 Å². The molecule has 0 aromatic heterocycles. The molecule has 2 aliphatic heterocycles. The van der Waals surface area contributed by atoms with Crippen LogP contribution >= 0.6 is 0 Å². The molecule has 4 heteroatoms. The van der Waals surface area contributed by atoms with Gasteiger partial charge in [0.2, 0.25) is 0 Å². The van der Waals surface area contributed by atoms with Crippen LogP contribution in [-0.2, 0) is 15.1 Å². The van der Waals surface area contributed by atoms with E-state index in [1.54, 1.807) is 0 Å². The van der Waals surface area contributed by atoms with E-state index in [-0.39, 0.29) is 11.7 Å². The minimum Gasteiger partial charge on any atom is -0.362 e. The summed E-state index contributed by atoms with van der Waals surface area (Å²) in [5, 5.41) is 0. The molecule has 1 aliphatic carbocycles. The van der Waals surface area contributed by atoms with Crippen LogP contribution in [0.3, 0.4) is 0 Å². The highest BCUT2D eigenvalue weighted by Crippen LogP contribution is 2.41. The van der Waals surface area contributed by atoms with Crippen molar-refractivity contribution in [3.8, 4) is 0 Å². The number of benzene rings is 1. The first kappa shape index (κ1) is 24.4. The van der Waals surface area contributed by atoms with E-state index >= 15 is 0 Å². The van der Waals surface area contributed by atoms with Crippen LogP contribution in [0.5, 0.6) is 0 Å². The molecule has 1 aromatic carbocycles. The van der Waals surface area contributed by atoms with E-state index in [9.17, 15) is 9.59 Å². The third-order valence-corrected chi connectivity index (χ3v) is 8.26. The molecule has 0 bridgehead atoms. The van der Waals surface area contributed by atoms with Gasteiger partial charge in [-0.2, -0.15) is 0 Å².